The first-order valence-corrected chi connectivity index (χ1v) is 6.55. The van der Waals surface area contributed by atoms with Gasteiger partial charge < -0.3 is 14.6 Å². The molecule has 0 bridgehead atoms. The number of rotatable bonds is 7. The number of ether oxygens (including phenoxy) is 2. The van der Waals surface area contributed by atoms with E-state index in [0.29, 0.717) is 13.0 Å². The summed E-state index contributed by atoms with van der Waals surface area (Å²) in [5, 5.41) is 8.49. The van der Waals surface area contributed by atoms with Crippen molar-refractivity contribution in [3.63, 3.8) is 0 Å². The van der Waals surface area contributed by atoms with Crippen molar-refractivity contribution in [3.05, 3.63) is 12.2 Å². The summed E-state index contributed by atoms with van der Waals surface area (Å²) in [5.41, 5.74) is 0.288. The third-order valence-electron chi connectivity index (χ3n) is 1.92. The first-order chi connectivity index (χ1) is 8.84. The van der Waals surface area contributed by atoms with Gasteiger partial charge in [-0.2, -0.15) is 0 Å². The molecule has 0 aliphatic heterocycles. The monoisotopic (exact) mass is 274 g/mol. The van der Waals surface area contributed by atoms with Crippen LogP contribution in [-0.4, -0.2) is 29.9 Å². The Morgan fingerprint density at radius 3 is 2.16 bits per heavy atom. The van der Waals surface area contributed by atoms with Crippen LogP contribution < -0.4 is 0 Å². The first-order valence-electron chi connectivity index (χ1n) is 6.55. The van der Waals surface area contributed by atoms with E-state index in [1.807, 2.05) is 6.92 Å². The smallest absolute Gasteiger partial charge is 0.335 e. The summed E-state index contributed by atoms with van der Waals surface area (Å²) in [6.07, 6.45) is 2.78. The summed E-state index contributed by atoms with van der Waals surface area (Å²) in [6.45, 7) is 10.7. The van der Waals surface area contributed by atoms with Crippen LogP contribution in [0.4, 0.5) is 0 Å². The fraction of sp³-hybridized carbons (Fsp3) is 0.714. The molecule has 0 radical (unpaired) electrons. The van der Waals surface area contributed by atoms with Gasteiger partial charge in [-0.25, -0.2) is 4.79 Å². The van der Waals surface area contributed by atoms with E-state index in [0.717, 1.165) is 19.3 Å². The molecule has 1 atom stereocenters. The molecule has 0 saturated heterocycles. The van der Waals surface area contributed by atoms with Crippen molar-refractivity contribution >= 4 is 11.9 Å². The lowest BCUT2D eigenvalue weighted by Gasteiger charge is -2.04. The number of esters is 2. The Labute approximate surface area is 115 Å². The SMILES string of the molecule is C=C(C)C(=O)OC(C)O.CCCCCC(=O)OCC. The van der Waals surface area contributed by atoms with Crippen molar-refractivity contribution in [3.8, 4) is 0 Å². The molecule has 5 heteroatoms. The van der Waals surface area contributed by atoms with Crippen LogP contribution in [0.2, 0.25) is 0 Å². The second kappa shape index (κ2) is 13.1. The predicted octanol–water partition coefficient (Wildman–Crippen LogP) is 2.57. The summed E-state index contributed by atoms with van der Waals surface area (Å²) < 4.78 is 9.08. The van der Waals surface area contributed by atoms with Gasteiger partial charge in [0.1, 0.15) is 0 Å². The molecular weight excluding hydrogens is 248 g/mol. The summed E-state index contributed by atoms with van der Waals surface area (Å²) in [4.78, 5) is 21.2. The fourth-order valence-electron chi connectivity index (χ4n) is 1.01. The molecule has 0 aromatic carbocycles. The number of hydrogen-bond acceptors (Lipinski definition) is 5. The number of carbonyl (C=O) groups is 2. The van der Waals surface area contributed by atoms with Gasteiger partial charge >= 0.3 is 11.9 Å². The molecule has 0 fully saturated rings. The van der Waals surface area contributed by atoms with E-state index in [1.165, 1.54) is 13.8 Å². The van der Waals surface area contributed by atoms with Gasteiger partial charge in [0.15, 0.2) is 6.29 Å². The molecule has 0 aromatic heterocycles. The van der Waals surface area contributed by atoms with Crippen molar-refractivity contribution in [1.29, 1.82) is 0 Å². The van der Waals surface area contributed by atoms with Gasteiger partial charge in [0.25, 0.3) is 0 Å². The van der Waals surface area contributed by atoms with E-state index in [9.17, 15) is 9.59 Å². The summed E-state index contributed by atoms with van der Waals surface area (Å²) >= 11 is 0. The largest absolute Gasteiger partial charge is 0.466 e. The number of carbonyl (C=O) groups excluding carboxylic acids is 2. The van der Waals surface area contributed by atoms with Crippen molar-refractivity contribution < 1.29 is 24.2 Å². The van der Waals surface area contributed by atoms with E-state index in [-0.39, 0.29) is 11.5 Å². The van der Waals surface area contributed by atoms with Gasteiger partial charge in [-0.3, -0.25) is 4.79 Å². The minimum Gasteiger partial charge on any atom is -0.466 e. The molecule has 0 amide bonds. The molecule has 0 aliphatic carbocycles. The highest BCUT2D eigenvalue weighted by atomic mass is 16.6. The second-order valence-electron chi connectivity index (χ2n) is 4.05. The summed E-state index contributed by atoms with van der Waals surface area (Å²) in [5.74, 6) is -0.624. The van der Waals surface area contributed by atoms with Crippen LogP contribution in [0, 0.1) is 0 Å². The third-order valence-corrected chi connectivity index (χ3v) is 1.92. The molecule has 112 valence electrons. The van der Waals surface area contributed by atoms with Gasteiger partial charge in [-0.05, 0) is 27.2 Å². The van der Waals surface area contributed by atoms with Crippen LogP contribution in [0.15, 0.2) is 12.2 Å². The average Bonchev–Trinajstić information content (AvgIpc) is 2.29. The van der Waals surface area contributed by atoms with E-state index >= 15 is 0 Å². The van der Waals surface area contributed by atoms with Crippen molar-refractivity contribution in [1.82, 2.24) is 0 Å². The van der Waals surface area contributed by atoms with Crippen LogP contribution in [0.1, 0.15) is 53.4 Å². The van der Waals surface area contributed by atoms with Gasteiger partial charge in [-0.1, -0.05) is 26.3 Å². The maximum atomic E-state index is 10.7. The normalized spacial score (nSPS) is 10.8. The van der Waals surface area contributed by atoms with Crippen LogP contribution in [0.25, 0.3) is 0 Å². The average molecular weight is 274 g/mol. The minimum atomic E-state index is -1.05. The van der Waals surface area contributed by atoms with Gasteiger partial charge in [0, 0.05) is 12.0 Å². The van der Waals surface area contributed by atoms with E-state index < -0.39 is 12.3 Å². The van der Waals surface area contributed by atoms with E-state index in [2.05, 4.69) is 18.2 Å². The molecule has 5 nitrogen and oxygen atoms in total. The zero-order chi connectivity index (χ0) is 15.3. The van der Waals surface area contributed by atoms with E-state index in [1.54, 1.807) is 0 Å². The molecule has 0 heterocycles. The third kappa shape index (κ3) is 16.6. The Morgan fingerprint density at radius 1 is 1.26 bits per heavy atom. The van der Waals surface area contributed by atoms with Gasteiger partial charge in [0.05, 0.1) is 6.61 Å². The molecule has 0 spiro atoms. The molecule has 0 saturated carbocycles. The Morgan fingerprint density at radius 2 is 1.84 bits per heavy atom. The van der Waals surface area contributed by atoms with Crippen LogP contribution >= 0.6 is 0 Å². The lowest BCUT2D eigenvalue weighted by molar-refractivity contribution is -0.159. The standard InChI is InChI=1S/C8H16O2.C6H10O3/c1-3-5-6-7-8(9)10-4-2;1-4(2)6(8)9-5(3)7/h3-7H2,1-2H3;5,7H,1H2,2-3H3. The van der Waals surface area contributed by atoms with Crippen LogP contribution in [0.3, 0.4) is 0 Å². The maximum absolute atomic E-state index is 10.7. The molecule has 0 aliphatic rings. The van der Waals surface area contributed by atoms with Crippen molar-refractivity contribution in [2.45, 2.75) is 59.7 Å². The number of hydrogen-bond donors (Lipinski definition) is 1. The molecule has 0 rings (SSSR count). The Balaban J connectivity index is 0. The number of unbranched alkanes of at least 4 members (excludes halogenated alkanes) is 2. The zero-order valence-electron chi connectivity index (χ0n) is 12.4. The Hall–Kier alpha value is -1.36. The topological polar surface area (TPSA) is 72.8 Å². The highest BCUT2D eigenvalue weighted by molar-refractivity contribution is 5.86. The van der Waals surface area contributed by atoms with Crippen LogP contribution in [0.5, 0.6) is 0 Å². The zero-order valence-corrected chi connectivity index (χ0v) is 12.4. The molecule has 0 aromatic rings. The number of aliphatic hydroxyl groups excluding tert-OH is 1. The Bertz CT molecular complexity index is 271. The molecule has 1 unspecified atom stereocenters. The minimum absolute atomic E-state index is 0.0593. The Kier molecular flexibility index (Phi) is 13.7. The van der Waals surface area contributed by atoms with Crippen molar-refractivity contribution in [2.75, 3.05) is 6.61 Å². The summed E-state index contributed by atoms with van der Waals surface area (Å²) in [7, 11) is 0. The highest BCUT2D eigenvalue weighted by Crippen LogP contribution is 1.99. The molecule has 19 heavy (non-hydrogen) atoms. The second-order valence-corrected chi connectivity index (χ2v) is 4.05. The van der Waals surface area contributed by atoms with Gasteiger partial charge in [0.2, 0.25) is 0 Å². The first kappa shape index (κ1) is 20.0. The summed E-state index contributed by atoms with van der Waals surface area (Å²) in [6, 6.07) is 0. The lowest BCUT2D eigenvalue weighted by atomic mass is 10.2. The lowest BCUT2D eigenvalue weighted by Crippen LogP contribution is -2.13. The van der Waals surface area contributed by atoms with E-state index in [4.69, 9.17) is 9.84 Å². The fourth-order valence-corrected chi connectivity index (χ4v) is 1.01. The number of aliphatic hydroxyl groups is 1. The van der Waals surface area contributed by atoms with Crippen LogP contribution in [-0.2, 0) is 19.1 Å². The molecular formula is C14H26O5. The quantitative estimate of drug-likeness (QED) is 0.334. The van der Waals surface area contributed by atoms with Crippen molar-refractivity contribution in [2.24, 2.45) is 0 Å². The molecule has 1 N–H and O–H groups in total. The maximum Gasteiger partial charge on any atom is 0.335 e. The highest BCUT2D eigenvalue weighted by Gasteiger charge is 2.04. The van der Waals surface area contributed by atoms with Gasteiger partial charge in [-0.15, -0.1) is 0 Å². The predicted molar refractivity (Wildman–Crippen MR) is 73.4 cm³/mol.